The van der Waals surface area contributed by atoms with Gasteiger partial charge in [-0.2, -0.15) is 5.10 Å². The third kappa shape index (κ3) is 6.48. The summed E-state index contributed by atoms with van der Waals surface area (Å²) in [6.07, 6.45) is 3.10. The molecule has 1 aromatic heterocycles. The summed E-state index contributed by atoms with van der Waals surface area (Å²) in [5, 5.41) is 5.59. The minimum Gasteiger partial charge on any atom is -0.310 e. The van der Waals surface area contributed by atoms with Gasteiger partial charge in [0.25, 0.3) is 0 Å². The van der Waals surface area contributed by atoms with Crippen LogP contribution < -0.4 is 4.90 Å². The van der Waals surface area contributed by atoms with Gasteiger partial charge in [-0.25, -0.2) is 4.68 Å². The number of fused-ring (bicyclic) bond motifs is 9. The molecule has 73 heavy (non-hydrogen) atoms. The number of hydrogen-bond donors (Lipinski definition) is 0. The average molecular weight is 934 g/mol. The fourth-order valence-corrected chi connectivity index (χ4v) is 12.7. The maximum Gasteiger partial charge on any atom is 0.101 e. The fourth-order valence-electron chi connectivity index (χ4n) is 12.7. The molecule has 0 atom stereocenters. The lowest BCUT2D eigenvalue weighted by Crippen LogP contribution is -2.28. The standard InChI is InChI=1S/C70H51N3/c1-69(2)59-35-20-19-34-58(59)66-61(69)37-22-38-64(66)72(54-41-43-57-56-33-18-21-36-60(56)70(62(57)46-54,51-29-14-6-15-30-51)52-31-16-7-17-32-52)53-40-42-55-50(45-53)39-44-63(47-23-8-3-9-24-47)73-68(55)65(48-25-10-4-11-26-48)67(71-73)49-27-12-5-13-28-49/h3-38,40-46H,39H2,1-2H3. The van der Waals surface area contributed by atoms with Crippen molar-refractivity contribution in [3.05, 3.63) is 305 Å². The molecule has 0 saturated heterocycles. The lowest BCUT2D eigenvalue weighted by Gasteiger charge is -2.35. The minimum absolute atomic E-state index is 0.182. The molecular formula is C70H51N3. The number of anilines is 3. The summed E-state index contributed by atoms with van der Waals surface area (Å²) in [6, 6.07) is 94.0. The molecule has 346 valence electrons. The smallest absolute Gasteiger partial charge is 0.101 e. The summed E-state index contributed by atoms with van der Waals surface area (Å²) in [5.74, 6) is 0. The summed E-state index contributed by atoms with van der Waals surface area (Å²) < 4.78 is 2.22. The van der Waals surface area contributed by atoms with Crippen LogP contribution in [-0.2, 0) is 17.3 Å². The van der Waals surface area contributed by atoms with E-state index in [4.69, 9.17) is 5.10 Å². The maximum absolute atomic E-state index is 5.59. The van der Waals surface area contributed by atoms with Crippen LogP contribution >= 0.6 is 0 Å². The highest BCUT2D eigenvalue weighted by atomic mass is 15.3. The maximum atomic E-state index is 5.59. The molecule has 2 aliphatic carbocycles. The third-order valence-corrected chi connectivity index (χ3v) is 15.9. The molecular weight excluding hydrogens is 883 g/mol. The average Bonchev–Trinajstić information content (AvgIpc) is 4.05. The first-order valence-corrected chi connectivity index (χ1v) is 25.5. The summed E-state index contributed by atoms with van der Waals surface area (Å²) in [4.78, 5) is 2.55. The molecule has 0 amide bonds. The van der Waals surface area contributed by atoms with Crippen molar-refractivity contribution in [1.29, 1.82) is 0 Å². The Kier molecular flexibility index (Phi) is 9.84. The van der Waals surface area contributed by atoms with E-state index in [-0.39, 0.29) is 5.41 Å². The molecule has 0 saturated carbocycles. The van der Waals surface area contributed by atoms with Crippen molar-refractivity contribution in [3.8, 4) is 55.9 Å². The van der Waals surface area contributed by atoms with Crippen LogP contribution in [0.15, 0.2) is 261 Å². The Morgan fingerprint density at radius 1 is 0.411 bits per heavy atom. The van der Waals surface area contributed by atoms with Crippen molar-refractivity contribution in [2.45, 2.75) is 31.1 Å². The fraction of sp³-hybridized carbons (Fsp3) is 0.0714. The number of allylic oxidation sites excluding steroid dienone is 1. The zero-order valence-corrected chi connectivity index (χ0v) is 40.9. The van der Waals surface area contributed by atoms with Crippen molar-refractivity contribution in [3.63, 3.8) is 0 Å². The molecule has 0 bridgehead atoms. The zero-order chi connectivity index (χ0) is 48.7. The van der Waals surface area contributed by atoms with Gasteiger partial charge in [-0.3, -0.25) is 0 Å². The number of nitrogens with zero attached hydrogens (tertiary/aromatic N) is 3. The van der Waals surface area contributed by atoms with Gasteiger partial charge in [0.2, 0.25) is 0 Å². The molecule has 1 aliphatic heterocycles. The summed E-state index contributed by atoms with van der Waals surface area (Å²) in [5.41, 5.74) is 25.5. The highest BCUT2D eigenvalue weighted by Gasteiger charge is 2.47. The van der Waals surface area contributed by atoms with Gasteiger partial charge in [0.1, 0.15) is 5.69 Å². The van der Waals surface area contributed by atoms with E-state index >= 15 is 0 Å². The van der Waals surface area contributed by atoms with E-state index < -0.39 is 5.41 Å². The van der Waals surface area contributed by atoms with Crippen molar-refractivity contribution >= 4 is 22.8 Å². The topological polar surface area (TPSA) is 21.1 Å². The normalized spacial score (nSPS) is 14.1. The SMILES string of the molecule is CC1(C)c2ccccc2-c2c(N(c3ccc4c(c3)CC=C(c3ccccc3)n3nc(-c5ccccc5)c(-c5ccccc5)c3-4)c3ccc4c(c3)C(c3ccccc3)(c3ccccc3)c3ccccc3-4)cccc21. The molecule has 10 aromatic carbocycles. The Morgan fingerprint density at radius 3 is 1.60 bits per heavy atom. The number of aromatic nitrogens is 2. The van der Waals surface area contributed by atoms with Crippen LogP contribution in [0.25, 0.3) is 61.6 Å². The largest absolute Gasteiger partial charge is 0.310 e. The van der Waals surface area contributed by atoms with Gasteiger partial charge in [-0.05, 0) is 104 Å². The minimum atomic E-state index is -0.557. The number of hydrogen-bond acceptors (Lipinski definition) is 2. The van der Waals surface area contributed by atoms with Gasteiger partial charge < -0.3 is 4.90 Å². The number of rotatable bonds is 8. The van der Waals surface area contributed by atoms with Crippen LogP contribution in [0.2, 0.25) is 0 Å². The van der Waals surface area contributed by atoms with E-state index in [1.54, 1.807) is 0 Å². The number of benzene rings is 10. The molecule has 3 aliphatic rings. The van der Waals surface area contributed by atoms with Gasteiger partial charge in [-0.15, -0.1) is 0 Å². The second-order valence-electron chi connectivity index (χ2n) is 20.2. The first-order valence-electron chi connectivity index (χ1n) is 25.5. The predicted molar refractivity (Wildman–Crippen MR) is 302 cm³/mol. The van der Waals surface area contributed by atoms with Crippen LogP contribution in [-0.4, -0.2) is 9.78 Å². The Morgan fingerprint density at radius 2 is 0.932 bits per heavy atom. The summed E-state index contributed by atoms with van der Waals surface area (Å²) in [6.45, 7) is 4.76. The molecule has 0 spiro atoms. The Balaban J connectivity index is 1.05. The van der Waals surface area contributed by atoms with Crippen molar-refractivity contribution < 1.29 is 0 Å². The zero-order valence-electron chi connectivity index (χ0n) is 40.9. The predicted octanol–water partition coefficient (Wildman–Crippen LogP) is 17.5. The molecule has 2 heterocycles. The molecule has 0 fully saturated rings. The highest BCUT2D eigenvalue weighted by Crippen LogP contribution is 2.59. The third-order valence-electron chi connectivity index (χ3n) is 15.9. The van der Waals surface area contributed by atoms with Crippen molar-refractivity contribution in [2.75, 3.05) is 4.90 Å². The van der Waals surface area contributed by atoms with Crippen LogP contribution in [0.5, 0.6) is 0 Å². The van der Waals surface area contributed by atoms with Crippen LogP contribution in [0, 0.1) is 0 Å². The summed E-state index contributed by atoms with van der Waals surface area (Å²) in [7, 11) is 0. The molecule has 3 nitrogen and oxygen atoms in total. The monoisotopic (exact) mass is 933 g/mol. The molecule has 11 aromatic rings. The van der Waals surface area contributed by atoms with Gasteiger partial charge >= 0.3 is 0 Å². The first-order chi connectivity index (χ1) is 36.0. The van der Waals surface area contributed by atoms with E-state index in [9.17, 15) is 0 Å². The van der Waals surface area contributed by atoms with Gasteiger partial charge in [-0.1, -0.05) is 244 Å². The van der Waals surface area contributed by atoms with Gasteiger partial charge in [0.15, 0.2) is 0 Å². The Labute approximate surface area is 427 Å². The molecule has 0 unspecified atom stereocenters. The van der Waals surface area contributed by atoms with Gasteiger partial charge in [0.05, 0.1) is 22.5 Å². The van der Waals surface area contributed by atoms with E-state index in [0.717, 1.165) is 56.4 Å². The molecule has 0 N–H and O–H groups in total. The quantitative estimate of drug-likeness (QED) is 0.151. The Bertz CT molecular complexity index is 3900. The lowest BCUT2D eigenvalue weighted by atomic mass is 9.67. The molecule has 3 heteroatoms. The summed E-state index contributed by atoms with van der Waals surface area (Å²) >= 11 is 0. The van der Waals surface area contributed by atoms with E-state index in [1.807, 2.05) is 0 Å². The second-order valence-corrected chi connectivity index (χ2v) is 20.2. The van der Waals surface area contributed by atoms with E-state index in [1.165, 1.54) is 66.8 Å². The highest BCUT2D eigenvalue weighted by molar-refractivity contribution is 5.99. The Hall–Kier alpha value is -9.05. The van der Waals surface area contributed by atoms with Gasteiger partial charge in [0, 0.05) is 39.0 Å². The second kappa shape index (κ2) is 16.8. The van der Waals surface area contributed by atoms with E-state index in [2.05, 4.69) is 284 Å². The first kappa shape index (κ1) is 42.8. The molecule has 0 radical (unpaired) electrons. The van der Waals surface area contributed by atoms with Crippen LogP contribution in [0.3, 0.4) is 0 Å². The molecule has 14 rings (SSSR count). The van der Waals surface area contributed by atoms with Crippen LogP contribution in [0.4, 0.5) is 17.1 Å². The van der Waals surface area contributed by atoms with E-state index in [0.29, 0.717) is 6.42 Å². The van der Waals surface area contributed by atoms with Crippen LogP contribution in [0.1, 0.15) is 58.4 Å². The lowest BCUT2D eigenvalue weighted by molar-refractivity contribution is 0.660. The van der Waals surface area contributed by atoms with Crippen molar-refractivity contribution in [1.82, 2.24) is 9.78 Å². The van der Waals surface area contributed by atoms with Crippen molar-refractivity contribution in [2.24, 2.45) is 0 Å².